The number of carbonyl (C=O) groups excluding carboxylic acids is 2. The Hall–Kier alpha value is -4.02. The molecule has 3 atom stereocenters. The Bertz CT molecular complexity index is 1420. The lowest BCUT2D eigenvalue weighted by Crippen LogP contribution is -2.47. The Balaban J connectivity index is 1.38. The Kier molecular flexibility index (Phi) is 7.24. The SMILES string of the molecule is O=C(N[C@@H](c1ccccc1)c1ccc(C2CC(F)(F)C2)c(F)n1)C1C[C@@H](F)CN1C(=O)Cc1ccc[nH]c1=O. The summed E-state index contributed by atoms with van der Waals surface area (Å²) in [5.74, 6) is -5.58. The Morgan fingerprint density at radius 1 is 1.10 bits per heavy atom. The highest BCUT2D eigenvalue weighted by Gasteiger charge is 2.47. The number of likely N-dealkylation sites (tertiary alicyclic amines) is 1. The normalized spacial score (nSPS) is 21.3. The van der Waals surface area contributed by atoms with Crippen molar-refractivity contribution in [2.45, 2.75) is 55.8 Å². The minimum atomic E-state index is -2.82. The summed E-state index contributed by atoms with van der Waals surface area (Å²) >= 11 is 0. The molecule has 1 aliphatic carbocycles. The fraction of sp³-hybridized carbons (Fsp3) is 0.357. The lowest BCUT2D eigenvalue weighted by atomic mass is 9.77. The van der Waals surface area contributed by atoms with E-state index >= 15 is 0 Å². The second-order valence-electron chi connectivity index (χ2n) is 10.0. The fourth-order valence-electron chi connectivity index (χ4n) is 5.19. The van der Waals surface area contributed by atoms with E-state index in [1.165, 1.54) is 24.4 Å². The lowest BCUT2D eigenvalue weighted by molar-refractivity contribution is -0.138. The third kappa shape index (κ3) is 5.71. The molecule has 2 aliphatic rings. The Labute approximate surface area is 221 Å². The molecule has 204 valence electrons. The molecule has 2 N–H and O–H groups in total. The topological polar surface area (TPSA) is 95.2 Å². The van der Waals surface area contributed by atoms with Crippen LogP contribution in [-0.2, 0) is 16.0 Å². The second-order valence-corrected chi connectivity index (χ2v) is 10.0. The van der Waals surface area contributed by atoms with Crippen LogP contribution in [-0.4, -0.2) is 51.4 Å². The summed E-state index contributed by atoms with van der Waals surface area (Å²) in [6.45, 7) is -0.300. The molecule has 1 saturated carbocycles. The van der Waals surface area contributed by atoms with Gasteiger partial charge in [0.05, 0.1) is 24.7 Å². The molecule has 2 fully saturated rings. The molecule has 1 aromatic carbocycles. The molecule has 11 heteroatoms. The number of aromatic amines is 1. The third-order valence-corrected chi connectivity index (χ3v) is 7.26. The number of aromatic nitrogens is 2. The summed E-state index contributed by atoms with van der Waals surface area (Å²) in [5, 5.41) is 2.77. The maximum Gasteiger partial charge on any atom is 0.251 e. The molecule has 7 nitrogen and oxygen atoms in total. The zero-order valence-electron chi connectivity index (χ0n) is 20.7. The average molecular weight is 543 g/mol. The van der Waals surface area contributed by atoms with E-state index in [0.717, 1.165) is 4.90 Å². The number of hydrogen-bond donors (Lipinski definition) is 2. The van der Waals surface area contributed by atoms with Crippen molar-refractivity contribution in [1.29, 1.82) is 0 Å². The van der Waals surface area contributed by atoms with Gasteiger partial charge in [0.1, 0.15) is 12.2 Å². The number of amides is 2. The van der Waals surface area contributed by atoms with E-state index in [9.17, 15) is 31.9 Å². The van der Waals surface area contributed by atoms with Gasteiger partial charge in [-0.05, 0) is 23.6 Å². The van der Waals surface area contributed by atoms with Gasteiger partial charge in [0.25, 0.3) is 5.56 Å². The maximum absolute atomic E-state index is 14.9. The van der Waals surface area contributed by atoms with Crippen LogP contribution in [0.5, 0.6) is 0 Å². The summed E-state index contributed by atoms with van der Waals surface area (Å²) < 4.78 is 56.0. The number of H-pyrrole nitrogens is 1. The predicted molar refractivity (Wildman–Crippen MR) is 133 cm³/mol. The molecular formula is C28H26F4N4O3. The second kappa shape index (κ2) is 10.6. The van der Waals surface area contributed by atoms with Crippen molar-refractivity contribution >= 4 is 11.8 Å². The number of alkyl halides is 3. The van der Waals surface area contributed by atoms with Gasteiger partial charge in [-0.1, -0.05) is 42.5 Å². The van der Waals surface area contributed by atoms with Crippen LogP contribution in [0.15, 0.2) is 65.6 Å². The number of pyridine rings is 2. The van der Waals surface area contributed by atoms with Crippen molar-refractivity contribution in [2.75, 3.05) is 6.54 Å². The molecule has 2 amide bonds. The number of rotatable bonds is 7. The highest BCUT2D eigenvalue weighted by Crippen LogP contribution is 2.48. The molecule has 2 aromatic heterocycles. The third-order valence-electron chi connectivity index (χ3n) is 7.26. The van der Waals surface area contributed by atoms with Crippen molar-refractivity contribution < 1.29 is 27.2 Å². The van der Waals surface area contributed by atoms with Gasteiger partial charge in [-0.15, -0.1) is 0 Å². The zero-order chi connectivity index (χ0) is 27.7. The standard InChI is InChI=1S/C28H26F4N4O3/c29-19-12-22(36(15-19)23(37)11-17-7-4-10-33-26(17)38)27(39)35-24(16-5-2-1-3-6-16)21-9-8-20(25(30)34-21)18-13-28(31,32)14-18/h1-10,18-19,22,24H,11-15H2,(H,33,38)(H,35,39)/t19-,22?,24+/m1/s1. The molecule has 1 saturated heterocycles. The van der Waals surface area contributed by atoms with E-state index in [0.29, 0.717) is 5.56 Å². The maximum atomic E-state index is 14.9. The quantitative estimate of drug-likeness (QED) is 0.351. The number of benzene rings is 1. The van der Waals surface area contributed by atoms with Gasteiger partial charge in [0.2, 0.25) is 23.7 Å². The fourth-order valence-corrected chi connectivity index (χ4v) is 5.19. The molecule has 1 unspecified atom stereocenters. The number of hydrogen-bond acceptors (Lipinski definition) is 4. The first-order chi connectivity index (χ1) is 18.6. The number of halogens is 4. The highest BCUT2D eigenvalue weighted by molar-refractivity contribution is 5.89. The summed E-state index contributed by atoms with van der Waals surface area (Å²) in [4.78, 5) is 46.0. The molecule has 3 heterocycles. The van der Waals surface area contributed by atoms with E-state index in [1.807, 2.05) is 0 Å². The molecule has 0 spiro atoms. The molecule has 1 aliphatic heterocycles. The summed E-state index contributed by atoms with van der Waals surface area (Å²) in [5.41, 5.74) is 0.519. The molecule has 39 heavy (non-hydrogen) atoms. The van der Waals surface area contributed by atoms with E-state index in [1.54, 1.807) is 36.4 Å². The Morgan fingerprint density at radius 2 is 1.85 bits per heavy atom. The smallest absolute Gasteiger partial charge is 0.251 e. The number of carbonyl (C=O) groups is 2. The van der Waals surface area contributed by atoms with Crippen LogP contribution in [0.1, 0.15) is 53.6 Å². The van der Waals surface area contributed by atoms with Crippen LogP contribution in [0.2, 0.25) is 0 Å². The van der Waals surface area contributed by atoms with Crippen LogP contribution in [0, 0.1) is 5.95 Å². The number of nitrogens with zero attached hydrogens (tertiary/aromatic N) is 2. The monoisotopic (exact) mass is 542 g/mol. The first-order valence-electron chi connectivity index (χ1n) is 12.6. The van der Waals surface area contributed by atoms with Crippen molar-refractivity contribution in [2.24, 2.45) is 0 Å². The minimum Gasteiger partial charge on any atom is -0.342 e. The van der Waals surface area contributed by atoms with Crippen LogP contribution >= 0.6 is 0 Å². The molecule has 3 aromatic rings. The van der Waals surface area contributed by atoms with Gasteiger partial charge in [0, 0.05) is 36.6 Å². The van der Waals surface area contributed by atoms with Gasteiger partial charge >= 0.3 is 0 Å². The van der Waals surface area contributed by atoms with Crippen LogP contribution in [0.25, 0.3) is 0 Å². The molecule has 0 bridgehead atoms. The van der Waals surface area contributed by atoms with Gasteiger partial charge < -0.3 is 15.2 Å². The van der Waals surface area contributed by atoms with Gasteiger partial charge in [-0.25, -0.2) is 18.2 Å². The average Bonchev–Trinajstić information content (AvgIpc) is 3.29. The van der Waals surface area contributed by atoms with Crippen molar-refractivity contribution in [3.8, 4) is 0 Å². The summed E-state index contributed by atoms with van der Waals surface area (Å²) in [6.07, 6.45) is -1.45. The van der Waals surface area contributed by atoms with Gasteiger partial charge in [0.15, 0.2) is 0 Å². The van der Waals surface area contributed by atoms with Crippen molar-refractivity contribution in [3.63, 3.8) is 0 Å². The highest BCUT2D eigenvalue weighted by atomic mass is 19.3. The zero-order valence-corrected chi connectivity index (χ0v) is 20.7. The Morgan fingerprint density at radius 3 is 2.51 bits per heavy atom. The minimum absolute atomic E-state index is 0.0894. The van der Waals surface area contributed by atoms with Crippen LogP contribution < -0.4 is 10.9 Å². The van der Waals surface area contributed by atoms with E-state index in [-0.39, 0.29) is 36.2 Å². The van der Waals surface area contributed by atoms with Crippen LogP contribution in [0.3, 0.4) is 0 Å². The molecule has 0 radical (unpaired) electrons. The van der Waals surface area contributed by atoms with E-state index < -0.39 is 66.3 Å². The van der Waals surface area contributed by atoms with Crippen molar-refractivity contribution in [3.05, 3.63) is 99.5 Å². The van der Waals surface area contributed by atoms with Gasteiger partial charge in [-0.3, -0.25) is 14.4 Å². The van der Waals surface area contributed by atoms with Crippen molar-refractivity contribution in [1.82, 2.24) is 20.2 Å². The first kappa shape index (κ1) is 26.6. The molecule has 5 rings (SSSR count). The molecular weight excluding hydrogens is 516 g/mol. The van der Waals surface area contributed by atoms with Gasteiger partial charge in [-0.2, -0.15) is 4.39 Å². The largest absolute Gasteiger partial charge is 0.342 e. The number of nitrogens with one attached hydrogen (secondary N) is 2. The van der Waals surface area contributed by atoms with E-state index in [2.05, 4.69) is 15.3 Å². The first-order valence-corrected chi connectivity index (χ1v) is 12.6. The van der Waals surface area contributed by atoms with E-state index in [4.69, 9.17) is 0 Å². The lowest BCUT2D eigenvalue weighted by Gasteiger charge is -2.35. The predicted octanol–water partition coefficient (Wildman–Crippen LogP) is 3.81. The van der Waals surface area contributed by atoms with Crippen LogP contribution in [0.4, 0.5) is 17.6 Å². The summed E-state index contributed by atoms with van der Waals surface area (Å²) in [6, 6.07) is 12.4. The summed E-state index contributed by atoms with van der Waals surface area (Å²) in [7, 11) is 0.